The van der Waals surface area contributed by atoms with E-state index < -0.39 is 0 Å². The molecule has 0 saturated carbocycles. The second-order valence-corrected chi connectivity index (χ2v) is 8.89. The lowest BCUT2D eigenvalue weighted by molar-refractivity contribution is 0.561. The van der Waals surface area contributed by atoms with Crippen molar-refractivity contribution < 1.29 is 0 Å². The fourth-order valence-corrected chi connectivity index (χ4v) is 5.44. The van der Waals surface area contributed by atoms with Crippen LogP contribution in [0.1, 0.15) is 22.7 Å². The maximum atomic E-state index is 3.61. The van der Waals surface area contributed by atoms with Crippen molar-refractivity contribution in [2.24, 2.45) is 0 Å². The van der Waals surface area contributed by atoms with Gasteiger partial charge in [-0.2, -0.15) is 0 Å². The topological polar surface area (TPSA) is 12.0 Å². The summed E-state index contributed by atoms with van der Waals surface area (Å²) in [6.45, 7) is 3.12. The molecule has 98 valence electrons. The molecule has 1 atom stereocenters. The maximum absolute atomic E-state index is 3.61. The molecular weight excluding hydrogens is 462 g/mol. The van der Waals surface area contributed by atoms with Gasteiger partial charge in [-0.1, -0.05) is 6.92 Å². The van der Waals surface area contributed by atoms with Crippen molar-refractivity contribution in [2.45, 2.75) is 19.4 Å². The second-order valence-electron chi connectivity index (χ2n) is 3.78. The molecule has 2 heterocycles. The molecule has 0 aliphatic rings. The minimum absolute atomic E-state index is 0.373. The summed E-state index contributed by atoms with van der Waals surface area (Å²) in [6.07, 6.45) is 1.02. The average molecular weight is 474 g/mol. The van der Waals surface area contributed by atoms with Crippen LogP contribution in [-0.2, 0) is 6.42 Å². The Balaban J connectivity index is 2.20. The van der Waals surface area contributed by atoms with Crippen LogP contribution in [-0.4, -0.2) is 6.54 Å². The molecule has 0 spiro atoms. The SMILES string of the molecule is CCNC(Cc1sccc1Br)c1cc(Br)c(Br)s1. The first-order valence-electron chi connectivity index (χ1n) is 5.51. The van der Waals surface area contributed by atoms with Gasteiger partial charge in [0.15, 0.2) is 0 Å². The highest BCUT2D eigenvalue weighted by Gasteiger charge is 2.17. The zero-order valence-corrected chi connectivity index (χ0v) is 16.1. The molecule has 1 unspecified atom stereocenters. The summed E-state index contributed by atoms with van der Waals surface area (Å²) in [7, 11) is 0. The van der Waals surface area contributed by atoms with Crippen LogP contribution in [0.2, 0.25) is 0 Å². The molecule has 1 N–H and O–H groups in total. The van der Waals surface area contributed by atoms with E-state index in [4.69, 9.17) is 0 Å². The largest absolute Gasteiger partial charge is 0.309 e. The Bertz CT molecular complexity index is 502. The van der Waals surface area contributed by atoms with Crippen molar-refractivity contribution in [3.63, 3.8) is 0 Å². The van der Waals surface area contributed by atoms with Crippen LogP contribution in [0.25, 0.3) is 0 Å². The number of nitrogens with one attached hydrogen (secondary N) is 1. The first-order valence-corrected chi connectivity index (χ1v) is 9.59. The quantitative estimate of drug-likeness (QED) is 0.562. The first-order chi connectivity index (χ1) is 8.61. The molecule has 2 rings (SSSR count). The number of halogens is 3. The fourth-order valence-electron chi connectivity index (χ4n) is 1.71. The van der Waals surface area contributed by atoms with Gasteiger partial charge >= 0.3 is 0 Å². The van der Waals surface area contributed by atoms with Gasteiger partial charge in [-0.15, -0.1) is 22.7 Å². The maximum Gasteiger partial charge on any atom is 0.0843 e. The summed E-state index contributed by atoms with van der Waals surface area (Å²) in [5.41, 5.74) is 0. The van der Waals surface area contributed by atoms with Crippen molar-refractivity contribution in [1.82, 2.24) is 5.32 Å². The third-order valence-corrected chi connectivity index (χ3v) is 7.86. The highest BCUT2D eigenvalue weighted by molar-refractivity contribution is 9.13. The van der Waals surface area contributed by atoms with Crippen LogP contribution < -0.4 is 5.32 Å². The van der Waals surface area contributed by atoms with E-state index in [0.29, 0.717) is 6.04 Å². The van der Waals surface area contributed by atoms with Crippen molar-refractivity contribution in [2.75, 3.05) is 6.54 Å². The highest BCUT2D eigenvalue weighted by atomic mass is 79.9. The molecular formula is C12H12Br3NS2. The van der Waals surface area contributed by atoms with Crippen molar-refractivity contribution >= 4 is 70.5 Å². The number of likely N-dealkylation sites (N-methyl/N-ethyl adjacent to an activating group) is 1. The van der Waals surface area contributed by atoms with E-state index >= 15 is 0 Å². The molecule has 2 aromatic heterocycles. The van der Waals surface area contributed by atoms with Crippen molar-refractivity contribution in [3.05, 3.63) is 40.0 Å². The number of rotatable bonds is 5. The van der Waals surface area contributed by atoms with Gasteiger partial charge in [-0.3, -0.25) is 0 Å². The molecule has 6 heteroatoms. The minimum atomic E-state index is 0.373. The molecule has 18 heavy (non-hydrogen) atoms. The molecule has 0 fully saturated rings. The third-order valence-electron chi connectivity index (χ3n) is 2.54. The van der Waals surface area contributed by atoms with E-state index in [1.54, 1.807) is 22.7 Å². The van der Waals surface area contributed by atoms with Crippen molar-refractivity contribution in [1.29, 1.82) is 0 Å². The standard InChI is InChI=1S/C12H12Br3NS2/c1-2-16-9(6-10-7(13)3-4-17-10)11-5-8(14)12(15)18-11/h3-5,9,16H,2,6H2,1H3. The van der Waals surface area contributed by atoms with Crippen molar-refractivity contribution in [3.8, 4) is 0 Å². The van der Waals surface area contributed by atoms with Crippen LogP contribution in [0, 0.1) is 0 Å². The van der Waals surface area contributed by atoms with E-state index in [2.05, 4.69) is 77.5 Å². The van der Waals surface area contributed by atoms with E-state index in [1.807, 2.05) is 0 Å². The first kappa shape index (κ1) is 15.2. The summed E-state index contributed by atoms with van der Waals surface area (Å²) in [5, 5.41) is 5.69. The van der Waals surface area contributed by atoms with Gasteiger partial charge in [0, 0.05) is 31.2 Å². The van der Waals surface area contributed by atoms with Gasteiger partial charge in [0.25, 0.3) is 0 Å². The molecule has 0 bridgehead atoms. The Hall–Kier alpha value is 0.800. The minimum Gasteiger partial charge on any atom is -0.309 e. The van der Waals surface area contributed by atoms with E-state index in [-0.39, 0.29) is 0 Å². The molecule has 2 aromatic rings. The summed E-state index contributed by atoms with van der Waals surface area (Å²) < 4.78 is 3.51. The van der Waals surface area contributed by atoms with E-state index in [1.165, 1.54) is 14.2 Å². The van der Waals surface area contributed by atoms with Gasteiger partial charge in [0.1, 0.15) is 0 Å². The lowest BCUT2D eigenvalue weighted by Gasteiger charge is -2.15. The smallest absolute Gasteiger partial charge is 0.0843 e. The normalized spacial score (nSPS) is 12.9. The van der Waals surface area contributed by atoms with Crippen LogP contribution in [0.15, 0.2) is 30.2 Å². The number of hydrogen-bond acceptors (Lipinski definition) is 3. The van der Waals surface area contributed by atoms with Gasteiger partial charge in [-0.05, 0) is 71.8 Å². The zero-order chi connectivity index (χ0) is 13.1. The van der Waals surface area contributed by atoms with Gasteiger partial charge in [0.05, 0.1) is 3.79 Å². The van der Waals surface area contributed by atoms with Gasteiger partial charge in [-0.25, -0.2) is 0 Å². The summed E-state index contributed by atoms with van der Waals surface area (Å²) >= 11 is 14.3. The summed E-state index contributed by atoms with van der Waals surface area (Å²) in [6, 6.07) is 4.69. The number of hydrogen-bond donors (Lipinski definition) is 1. The lowest BCUT2D eigenvalue weighted by Crippen LogP contribution is -2.21. The van der Waals surface area contributed by atoms with Crippen LogP contribution in [0.4, 0.5) is 0 Å². The Morgan fingerprint density at radius 2 is 2.06 bits per heavy atom. The highest BCUT2D eigenvalue weighted by Crippen LogP contribution is 2.37. The molecule has 0 aliphatic heterocycles. The molecule has 0 saturated heterocycles. The van der Waals surface area contributed by atoms with E-state index in [0.717, 1.165) is 21.2 Å². The Labute approximate surface area is 140 Å². The second kappa shape index (κ2) is 6.99. The average Bonchev–Trinajstić information content (AvgIpc) is 2.87. The Kier molecular flexibility index (Phi) is 5.90. The zero-order valence-electron chi connectivity index (χ0n) is 9.67. The van der Waals surface area contributed by atoms with E-state index in [9.17, 15) is 0 Å². The summed E-state index contributed by atoms with van der Waals surface area (Å²) in [5.74, 6) is 0. The van der Waals surface area contributed by atoms with Crippen LogP contribution in [0.5, 0.6) is 0 Å². The van der Waals surface area contributed by atoms with Gasteiger partial charge in [0.2, 0.25) is 0 Å². The van der Waals surface area contributed by atoms with Crippen LogP contribution >= 0.6 is 70.5 Å². The van der Waals surface area contributed by atoms with Crippen LogP contribution in [0.3, 0.4) is 0 Å². The molecule has 0 aliphatic carbocycles. The Morgan fingerprint density at radius 1 is 1.28 bits per heavy atom. The number of thiophene rings is 2. The Morgan fingerprint density at radius 3 is 2.56 bits per heavy atom. The fraction of sp³-hybridized carbons (Fsp3) is 0.333. The molecule has 1 nitrogen and oxygen atoms in total. The molecule has 0 aromatic carbocycles. The predicted octanol–water partition coefficient (Wildman–Crippen LogP) is 5.99. The van der Waals surface area contributed by atoms with Gasteiger partial charge < -0.3 is 5.32 Å². The monoisotopic (exact) mass is 471 g/mol. The summed E-state index contributed by atoms with van der Waals surface area (Å²) in [4.78, 5) is 2.75. The lowest BCUT2D eigenvalue weighted by atomic mass is 10.1. The predicted molar refractivity (Wildman–Crippen MR) is 91.9 cm³/mol. The molecule has 0 radical (unpaired) electrons. The third kappa shape index (κ3) is 3.67. The molecule has 0 amide bonds.